The summed E-state index contributed by atoms with van der Waals surface area (Å²) in [6.07, 6.45) is 1.60. The van der Waals surface area contributed by atoms with E-state index in [0.717, 1.165) is 11.1 Å². The van der Waals surface area contributed by atoms with Crippen molar-refractivity contribution in [3.05, 3.63) is 58.9 Å². The van der Waals surface area contributed by atoms with Gasteiger partial charge in [-0.25, -0.2) is 0 Å². The van der Waals surface area contributed by atoms with Gasteiger partial charge in [0.05, 0.1) is 12.1 Å². The number of aliphatic carboxylic acids is 1. The van der Waals surface area contributed by atoms with E-state index in [1.54, 1.807) is 12.3 Å². The highest BCUT2D eigenvalue weighted by atomic mass is 16.4. The Hall–Kier alpha value is -2.23. The van der Waals surface area contributed by atoms with E-state index >= 15 is 0 Å². The Morgan fingerprint density at radius 1 is 1.26 bits per heavy atom. The number of hydrogen-bond acceptors (Lipinski definition) is 3. The van der Waals surface area contributed by atoms with Crippen molar-refractivity contribution in [2.45, 2.75) is 26.2 Å². The Kier molecular flexibility index (Phi) is 3.90. The summed E-state index contributed by atoms with van der Waals surface area (Å²) in [6, 6.07) is 9.59. The fourth-order valence-electron chi connectivity index (χ4n) is 2.05. The summed E-state index contributed by atoms with van der Waals surface area (Å²) in [5.74, 6) is -1.10. The summed E-state index contributed by atoms with van der Waals surface area (Å²) in [7, 11) is 0. The molecular weight excluding hydrogens is 240 g/mol. The molecule has 4 heteroatoms. The van der Waals surface area contributed by atoms with Crippen LogP contribution in [0, 0.1) is 13.8 Å². The van der Waals surface area contributed by atoms with Crippen LogP contribution >= 0.6 is 0 Å². The second-order valence-corrected chi connectivity index (χ2v) is 4.64. The van der Waals surface area contributed by atoms with Crippen molar-refractivity contribution in [3.63, 3.8) is 0 Å². The molecule has 0 aliphatic heterocycles. The molecule has 2 aromatic rings. The van der Waals surface area contributed by atoms with Crippen LogP contribution in [0.2, 0.25) is 0 Å². The summed E-state index contributed by atoms with van der Waals surface area (Å²) in [4.78, 5) is 11.1. The maximum Gasteiger partial charge on any atom is 0.304 e. The molecule has 0 fully saturated rings. The maximum absolute atomic E-state index is 11.1. The molecule has 2 rings (SSSR count). The van der Waals surface area contributed by atoms with Gasteiger partial charge in [0.15, 0.2) is 0 Å². The Morgan fingerprint density at radius 3 is 2.63 bits per heavy atom. The highest BCUT2D eigenvalue weighted by molar-refractivity contribution is 5.69. The first kappa shape index (κ1) is 13.2. The van der Waals surface area contributed by atoms with Gasteiger partial charge in [0.25, 0.3) is 0 Å². The second-order valence-electron chi connectivity index (χ2n) is 4.64. The van der Waals surface area contributed by atoms with Gasteiger partial charge < -0.3 is 5.11 Å². The number of aryl methyl sites for hydroxylation is 2. The lowest BCUT2D eigenvalue weighted by Crippen LogP contribution is -2.10. The molecule has 1 aromatic heterocycles. The molecule has 0 spiro atoms. The molecule has 1 aromatic carbocycles. The van der Waals surface area contributed by atoms with E-state index in [0.29, 0.717) is 5.69 Å². The molecule has 0 bridgehead atoms. The summed E-state index contributed by atoms with van der Waals surface area (Å²) in [5, 5.41) is 17.0. The number of carbonyl (C=O) groups is 1. The number of benzene rings is 1. The third kappa shape index (κ3) is 3.16. The molecule has 0 saturated carbocycles. The minimum absolute atomic E-state index is 0.0151. The molecule has 0 saturated heterocycles. The fourth-order valence-corrected chi connectivity index (χ4v) is 2.05. The van der Waals surface area contributed by atoms with Crippen molar-refractivity contribution in [3.8, 4) is 0 Å². The molecule has 0 radical (unpaired) electrons. The SMILES string of the molecule is Cc1ccc(C(CC(=O)O)c2cccnn2)cc1C. The van der Waals surface area contributed by atoms with Gasteiger partial charge in [0, 0.05) is 12.1 Å². The number of carboxylic acid groups (broad SMARTS) is 1. The van der Waals surface area contributed by atoms with Gasteiger partial charge in [-0.3, -0.25) is 4.79 Å². The lowest BCUT2D eigenvalue weighted by molar-refractivity contribution is -0.137. The van der Waals surface area contributed by atoms with Crippen LogP contribution in [0.4, 0.5) is 0 Å². The van der Waals surface area contributed by atoms with Crippen molar-refractivity contribution in [2.24, 2.45) is 0 Å². The molecule has 1 unspecified atom stereocenters. The number of aromatic nitrogens is 2. The topological polar surface area (TPSA) is 63.1 Å². The molecular formula is C15H16N2O2. The molecule has 0 amide bonds. The number of nitrogens with zero attached hydrogens (tertiary/aromatic N) is 2. The summed E-state index contributed by atoms with van der Waals surface area (Å²) in [5.41, 5.74) is 3.99. The smallest absolute Gasteiger partial charge is 0.304 e. The van der Waals surface area contributed by atoms with Gasteiger partial charge in [0.1, 0.15) is 0 Å². The summed E-state index contributed by atoms with van der Waals surface area (Å²) < 4.78 is 0. The normalized spacial score (nSPS) is 12.1. The van der Waals surface area contributed by atoms with E-state index in [2.05, 4.69) is 10.2 Å². The van der Waals surface area contributed by atoms with Gasteiger partial charge in [-0.05, 0) is 42.7 Å². The fraction of sp³-hybridized carbons (Fsp3) is 0.267. The second kappa shape index (κ2) is 5.61. The zero-order chi connectivity index (χ0) is 13.8. The Bertz CT molecular complexity index is 582. The largest absolute Gasteiger partial charge is 0.481 e. The van der Waals surface area contributed by atoms with Crippen LogP contribution in [-0.4, -0.2) is 21.3 Å². The van der Waals surface area contributed by atoms with Crippen molar-refractivity contribution in [1.29, 1.82) is 0 Å². The molecule has 1 atom stereocenters. The molecule has 98 valence electrons. The Morgan fingerprint density at radius 2 is 2.05 bits per heavy atom. The highest BCUT2D eigenvalue weighted by Gasteiger charge is 2.19. The molecule has 0 aliphatic rings. The van der Waals surface area contributed by atoms with Crippen LogP contribution < -0.4 is 0 Å². The van der Waals surface area contributed by atoms with Gasteiger partial charge >= 0.3 is 5.97 Å². The van der Waals surface area contributed by atoms with E-state index in [-0.39, 0.29) is 12.3 Å². The van der Waals surface area contributed by atoms with E-state index < -0.39 is 5.97 Å². The zero-order valence-electron chi connectivity index (χ0n) is 11.0. The summed E-state index contributed by atoms with van der Waals surface area (Å²) >= 11 is 0. The first-order valence-corrected chi connectivity index (χ1v) is 6.14. The van der Waals surface area contributed by atoms with Crippen molar-refractivity contribution in [1.82, 2.24) is 10.2 Å². The van der Waals surface area contributed by atoms with Crippen LogP contribution in [0.1, 0.15) is 34.7 Å². The average molecular weight is 256 g/mol. The quantitative estimate of drug-likeness (QED) is 0.913. The molecule has 1 heterocycles. The lowest BCUT2D eigenvalue weighted by atomic mass is 9.90. The van der Waals surface area contributed by atoms with E-state index in [1.807, 2.05) is 38.1 Å². The van der Waals surface area contributed by atoms with E-state index in [1.165, 1.54) is 5.56 Å². The first-order valence-electron chi connectivity index (χ1n) is 6.14. The van der Waals surface area contributed by atoms with Gasteiger partial charge in [0.2, 0.25) is 0 Å². The molecule has 4 nitrogen and oxygen atoms in total. The molecule has 1 N–H and O–H groups in total. The van der Waals surface area contributed by atoms with Gasteiger partial charge in [-0.15, -0.1) is 0 Å². The third-order valence-electron chi connectivity index (χ3n) is 3.26. The zero-order valence-corrected chi connectivity index (χ0v) is 11.0. The molecule has 19 heavy (non-hydrogen) atoms. The minimum Gasteiger partial charge on any atom is -0.481 e. The maximum atomic E-state index is 11.1. The number of rotatable bonds is 4. The molecule has 0 aliphatic carbocycles. The van der Waals surface area contributed by atoms with Crippen LogP contribution in [0.15, 0.2) is 36.5 Å². The van der Waals surface area contributed by atoms with Crippen LogP contribution in [0.3, 0.4) is 0 Å². The van der Waals surface area contributed by atoms with Gasteiger partial charge in [-0.1, -0.05) is 18.2 Å². The number of carboxylic acids is 1. The van der Waals surface area contributed by atoms with Crippen LogP contribution in [0.25, 0.3) is 0 Å². The number of hydrogen-bond donors (Lipinski definition) is 1. The monoisotopic (exact) mass is 256 g/mol. The van der Waals surface area contributed by atoms with Crippen molar-refractivity contribution >= 4 is 5.97 Å². The third-order valence-corrected chi connectivity index (χ3v) is 3.26. The average Bonchev–Trinajstić information content (AvgIpc) is 2.40. The predicted octanol–water partition coefficient (Wildman–Crippen LogP) is 2.70. The van der Waals surface area contributed by atoms with Crippen LogP contribution in [0.5, 0.6) is 0 Å². The standard InChI is InChI=1S/C15H16N2O2/c1-10-5-6-12(8-11(10)2)13(9-15(18)19)14-4-3-7-16-17-14/h3-8,13H,9H2,1-2H3,(H,18,19). The minimum atomic E-state index is -0.839. The first-order chi connectivity index (χ1) is 9.08. The van der Waals surface area contributed by atoms with Gasteiger partial charge in [-0.2, -0.15) is 10.2 Å². The van der Waals surface area contributed by atoms with E-state index in [4.69, 9.17) is 5.11 Å². The van der Waals surface area contributed by atoms with Crippen molar-refractivity contribution < 1.29 is 9.90 Å². The lowest BCUT2D eigenvalue weighted by Gasteiger charge is -2.15. The Balaban J connectivity index is 2.42. The predicted molar refractivity (Wildman–Crippen MR) is 72.0 cm³/mol. The summed E-state index contributed by atoms with van der Waals surface area (Å²) in [6.45, 7) is 4.06. The van der Waals surface area contributed by atoms with Crippen LogP contribution in [-0.2, 0) is 4.79 Å². The highest BCUT2D eigenvalue weighted by Crippen LogP contribution is 2.27. The Labute approximate surface area is 112 Å². The van der Waals surface area contributed by atoms with Crippen molar-refractivity contribution in [2.75, 3.05) is 0 Å². The van der Waals surface area contributed by atoms with E-state index in [9.17, 15) is 4.79 Å².